The van der Waals surface area contributed by atoms with Gasteiger partial charge in [0.2, 0.25) is 0 Å². The van der Waals surface area contributed by atoms with Crippen molar-refractivity contribution in [2.45, 2.75) is 33.7 Å². The van der Waals surface area contributed by atoms with Gasteiger partial charge in [-0.2, -0.15) is 0 Å². The van der Waals surface area contributed by atoms with Crippen LogP contribution in [0, 0.1) is 20.8 Å². The minimum atomic E-state index is -0.199. The van der Waals surface area contributed by atoms with Crippen LogP contribution in [-0.4, -0.2) is 25.1 Å². The number of benzene rings is 2. The zero-order valence-corrected chi connectivity index (χ0v) is 18.9. The number of anilines is 2. The van der Waals surface area contributed by atoms with E-state index < -0.39 is 0 Å². The molecule has 0 saturated heterocycles. The molecule has 0 fully saturated rings. The third-order valence-corrected chi connectivity index (χ3v) is 5.95. The van der Waals surface area contributed by atoms with E-state index in [1.165, 1.54) is 16.9 Å². The Morgan fingerprint density at radius 3 is 2.43 bits per heavy atom. The van der Waals surface area contributed by atoms with E-state index in [2.05, 4.69) is 28.6 Å². The molecule has 158 valence electrons. The van der Waals surface area contributed by atoms with E-state index >= 15 is 0 Å². The van der Waals surface area contributed by atoms with Gasteiger partial charge >= 0.3 is 0 Å². The number of aromatic nitrogens is 1. The summed E-state index contributed by atoms with van der Waals surface area (Å²) in [5, 5.41) is 7.07. The normalized spacial score (nSPS) is 11.7. The average Bonchev–Trinajstić information content (AvgIpc) is 3.09. The van der Waals surface area contributed by atoms with E-state index in [1.54, 1.807) is 14.2 Å². The number of hydrogen-bond acceptors (Lipinski definition) is 6. The first-order chi connectivity index (χ1) is 14.3. The second-order valence-electron chi connectivity index (χ2n) is 7.19. The van der Waals surface area contributed by atoms with Crippen LogP contribution in [0.3, 0.4) is 0 Å². The summed E-state index contributed by atoms with van der Waals surface area (Å²) in [4.78, 5) is 18.0. The summed E-state index contributed by atoms with van der Waals surface area (Å²) in [5.41, 5.74) is 4.95. The van der Waals surface area contributed by atoms with Gasteiger partial charge in [-0.1, -0.05) is 35.1 Å². The van der Waals surface area contributed by atoms with E-state index in [-0.39, 0.29) is 11.9 Å². The predicted octanol–water partition coefficient (Wildman–Crippen LogP) is 5.32. The molecule has 30 heavy (non-hydrogen) atoms. The van der Waals surface area contributed by atoms with Gasteiger partial charge in [0.05, 0.1) is 26.0 Å². The molecule has 1 aromatic heterocycles. The van der Waals surface area contributed by atoms with Crippen LogP contribution < -0.4 is 20.1 Å². The number of carbonyl (C=O) groups is 1. The van der Waals surface area contributed by atoms with Crippen LogP contribution in [0.1, 0.15) is 45.0 Å². The molecule has 1 unspecified atom stereocenters. The lowest BCUT2D eigenvalue weighted by molar-refractivity contribution is 0.0943. The highest BCUT2D eigenvalue weighted by molar-refractivity contribution is 7.17. The zero-order valence-electron chi connectivity index (χ0n) is 18.1. The van der Waals surface area contributed by atoms with Crippen molar-refractivity contribution < 1.29 is 14.3 Å². The molecule has 0 saturated carbocycles. The molecule has 0 bridgehead atoms. The fraction of sp³-hybridized carbons (Fsp3) is 0.304. The maximum atomic E-state index is 12.9. The number of nitrogens with one attached hydrogen (secondary N) is 2. The molecule has 7 heteroatoms. The third-order valence-electron chi connectivity index (χ3n) is 4.88. The fourth-order valence-electron chi connectivity index (χ4n) is 3.20. The van der Waals surface area contributed by atoms with Crippen LogP contribution in [-0.2, 0) is 0 Å². The molecular formula is C23H27N3O3S. The van der Waals surface area contributed by atoms with Crippen LogP contribution >= 0.6 is 11.3 Å². The highest BCUT2D eigenvalue weighted by Crippen LogP contribution is 2.31. The number of ether oxygens (including phenoxy) is 2. The van der Waals surface area contributed by atoms with E-state index in [0.29, 0.717) is 27.2 Å². The molecule has 2 N–H and O–H groups in total. The number of rotatable bonds is 7. The molecule has 1 heterocycles. The summed E-state index contributed by atoms with van der Waals surface area (Å²) in [5.74, 6) is 1.13. The fourth-order valence-corrected chi connectivity index (χ4v) is 4.08. The molecule has 0 aliphatic carbocycles. The van der Waals surface area contributed by atoms with Gasteiger partial charge in [-0.25, -0.2) is 4.98 Å². The van der Waals surface area contributed by atoms with Crippen molar-refractivity contribution in [1.29, 1.82) is 0 Å². The quantitative estimate of drug-likeness (QED) is 0.536. The Kier molecular flexibility index (Phi) is 6.62. The summed E-state index contributed by atoms with van der Waals surface area (Å²) in [6.07, 6.45) is 0. The van der Waals surface area contributed by atoms with E-state index in [9.17, 15) is 4.79 Å². The minimum absolute atomic E-state index is 0.152. The lowest BCUT2D eigenvalue weighted by Crippen LogP contribution is -2.26. The molecule has 0 radical (unpaired) electrons. The number of carbonyl (C=O) groups excluding carboxylic acids is 1. The standard InChI is InChI=1S/C23H27N3O3S/c1-13-7-9-18(14(2)11-13)26-23-25-16(4)21(30-23)22(27)24-15(3)17-8-10-19(28-5)20(12-17)29-6/h7-12,15H,1-6H3,(H,24,27)(H,25,26). The maximum Gasteiger partial charge on any atom is 0.263 e. The topological polar surface area (TPSA) is 72.5 Å². The largest absolute Gasteiger partial charge is 0.493 e. The Labute approximate surface area is 181 Å². The Bertz CT molecular complexity index is 1060. The molecule has 0 aliphatic heterocycles. The van der Waals surface area contributed by atoms with Crippen molar-refractivity contribution in [1.82, 2.24) is 10.3 Å². The number of methoxy groups -OCH3 is 2. The minimum Gasteiger partial charge on any atom is -0.493 e. The Morgan fingerprint density at radius 1 is 1.03 bits per heavy atom. The van der Waals surface area contributed by atoms with Crippen molar-refractivity contribution in [3.63, 3.8) is 0 Å². The van der Waals surface area contributed by atoms with Crippen molar-refractivity contribution in [3.05, 3.63) is 63.7 Å². The first-order valence-corrected chi connectivity index (χ1v) is 10.5. The Hall–Kier alpha value is -3.06. The molecule has 3 rings (SSSR count). The molecule has 3 aromatic rings. The van der Waals surface area contributed by atoms with Crippen molar-refractivity contribution in [2.75, 3.05) is 19.5 Å². The van der Waals surface area contributed by atoms with Crippen LogP contribution in [0.4, 0.5) is 10.8 Å². The number of thiazole rings is 1. The van der Waals surface area contributed by atoms with Crippen molar-refractivity contribution in [3.8, 4) is 11.5 Å². The number of aryl methyl sites for hydroxylation is 3. The summed E-state index contributed by atoms with van der Waals surface area (Å²) in [6, 6.07) is 11.6. The smallest absolute Gasteiger partial charge is 0.263 e. The SMILES string of the molecule is COc1ccc(C(C)NC(=O)c2sc(Nc3ccc(C)cc3C)nc2C)cc1OC. The molecule has 2 aromatic carbocycles. The summed E-state index contributed by atoms with van der Waals surface area (Å²) in [7, 11) is 3.19. The van der Waals surface area contributed by atoms with Gasteiger partial charge in [0.15, 0.2) is 16.6 Å². The monoisotopic (exact) mass is 425 g/mol. The first-order valence-electron chi connectivity index (χ1n) is 9.67. The average molecular weight is 426 g/mol. The maximum absolute atomic E-state index is 12.9. The summed E-state index contributed by atoms with van der Waals surface area (Å²) < 4.78 is 10.6. The molecule has 0 spiro atoms. The molecule has 1 amide bonds. The van der Waals surface area contributed by atoms with Gasteiger partial charge < -0.3 is 20.1 Å². The lowest BCUT2D eigenvalue weighted by atomic mass is 10.1. The van der Waals surface area contributed by atoms with E-state index in [1.807, 2.05) is 51.1 Å². The number of amides is 1. The van der Waals surface area contributed by atoms with Gasteiger partial charge in [0.1, 0.15) is 4.88 Å². The number of hydrogen-bond donors (Lipinski definition) is 2. The molecule has 1 atom stereocenters. The summed E-state index contributed by atoms with van der Waals surface area (Å²) >= 11 is 1.35. The van der Waals surface area contributed by atoms with Gasteiger partial charge in [-0.3, -0.25) is 4.79 Å². The van der Waals surface area contributed by atoms with E-state index in [4.69, 9.17) is 9.47 Å². The third kappa shape index (κ3) is 4.74. The first kappa shape index (κ1) is 21.6. The van der Waals surface area contributed by atoms with Gasteiger partial charge in [0, 0.05) is 5.69 Å². The highest BCUT2D eigenvalue weighted by atomic mass is 32.1. The van der Waals surface area contributed by atoms with E-state index in [0.717, 1.165) is 16.8 Å². The Morgan fingerprint density at radius 2 is 1.77 bits per heavy atom. The van der Waals surface area contributed by atoms with Gasteiger partial charge in [0.25, 0.3) is 5.91 Å². The second-order valence-corrected chi connectivity index (χ2v) is 8.19. The molecule has 0 aliphatic rings. The lowest BCUT2D eigenvalue weighted by Gasteiger charge is -2.16. The molecular weight excluding hydrogens is 398 g/mol. The number of nitrogens with zero attached hydrogens (tertiary/aromatic N) is 1. The molecule has 6 nitrogen and oxygen atoms in total. The van der Waals surface area contributed by atoms with Crippen molar-refractivity contribution >= 4 is 28.1 Å². The van der Waals surface area contributed by atoms with Crippen LogP contribution in [0.15, 0.2) is 36.4 Å². The predicted molar refractivity (Wildman–Crippen MR) is 121 cm³/mol. The highest BCUT2D eigenvalue weighted by Gasteiger charge is 2.19. The van der Waals surface area contributed by atoms with Crippen molar-refractivity contribution in [2.24, 2.45) is 0 Å². The van der Waals surface area contributed by atoms with Gasteiger partial charge in [-0.05, 0) is 57.0 Å². The Balaban J connectivity index is 1.74. The van der Waals surface area contributed by atoms with Crippen LogP contribution in [0.2, 0.25) is 0 Å². The zero-order chi connectivity index (χ0) is 21.8. The van der Waals surface area contributed by atoms with Gasteiger partial charge in [-0.15, -0.1) is 0 Å². The second kappa shape index (κ2) is 9.17. The van der Waals surface area contributed by atoms with Crippen LogP contribution in [0.5, 0.6) is 11.5 Å². The summed E-state index contributed by atoms with van der Waals surface area (Å²) in [6.45, 7) is 7.89. The van der Waals surface area contributed by atoms with Crippen LogP contribution in [0.25, 0.3) is 0 Å².